The molecule has 0 aliphatic rings. The monoisotopic (exact) mass is 333 g/mol. The van der Waals surface area contributed by atoms with Gasteiger partial charge in [0.25, 0.3) is 0 Å². The lowest BCUT2D eigenvalue weighted by molar-refractivity contribution is -0.137. The fourth-order valence-corrected chi connectivity index (χ4v) is 2.87. The number of thiophene rings is 1. The molecule has 6 heteroatoms. The fourth-order valence-electron chi connectivity index (χ4n) is 2.09. The van der Waals surface area contributed by atoms with Crippen molar-refractivity contribution in [3.05, 3.63) is 52.7 Å². The van der Waals surface area contributed by atoms with Crippen LogP contribution >= 0.6 is 11.3 Å². The number of rotatable bonds is 9. The minimum atomic E-state index is -0.934. The van der Waals surface area contributed by atoms with Gasteiger partial charge in [-0.3, -0.25) is 9.59 Å². The van der Waals surface area contributed by atoms with Crippen molar-refractivity contribution in [2.45, 2.75) is 25.3 Å². The maximum absolute atomic E-state index is 12.0. The number of carbonyl (C=O) groups excluding carboxylic acids is 1. The Labute approximate surface area is 138 Å². The summed E-state index contributed by atoms with van der Waals surface area (Å²) in [6, 6.07) is 12.6. The molecule has 1 heterocycles. The van der Waals surface area contributed by atoms with E-state index in [1.807, 2.05) is 47.8 Å². The Kier molecular flexibility index (Phi) is 6.62. The third-order valence-corrected chi connectivity index (χ3v) is 4.15. The van der Waals surface area contributed by atoms with Crippen LogP contribution in [0.25, 0.3) is 0 Å². The highest BCUT2D eigenvalue weighted by atomic mass is 32.1. The Morgan fingerprint density at radius 1 is 1.17 bits per heavy atom. The van der Waals surface area contributed by atoms with Gasteiger partial charge >= 0.3 is 5.97 Å². The number of hydrogen-bond donors (Lipinski definition) is 2. The standard InChI is InChI=1S/C17H19NO4S/c19-16(9-4-10-22-13-6-2-1-3-7-13)18-14(12-17(20)21)15-8-5-11-23-15/h1-3,5-8,11,14H,4,9-10,12H2,(H,18,19)(H,20,21)/t14-/m0/s1. The van der Waals surface area contributed by atoms with Crippen molar-refractivity contribution in [3.8, 4) is 5.75 Å². The first-order valence-electron chi connectivity index (χ1n) is 7.37. The number of nitrogens with one attached hydrogen (secondary N) is 1. The number of aliphatic carboxylic acids is 1. The number of hydrogen-bond acceptors (Lipinski definition) is 4. The number of amides is 1. The normalized spacial score (nSPS) is 11.7. The molecule has 0 aliphatic carbocycles. The zero-order valence-electron chi connectivity index (χ0n) is 12.6. The minimum absolute atomic E-state index is 0.118. The predicted octanol–water partition coefficient (Wildman–Crippen LogP) is 3.24. The van der Waals surface area contributed by atoms with E-state index in [-0.39, 0.29) is 12.3 Å². The largest absolute Gasteiger partial charge is 0.494 e. The Balaban J connectivity index is 1.74. The molecule has 0 bridgehead atoms. The number of carboxylic acid groups (broad SMARTS) is 1. The molecule has 0 fully saturated rings. The topological polar surface area (TPSA) is 75.6 Å². The molecular formula is C17H19NO4S. The number of carbonyl (C=O) groups is 2. The first-order valence-corrected chi connectivity index (χ1v) is 8.25. The molecule has 0 saturated heterocycles. The van der Waals surface area contributed by atoms with Crippen LogP contribution in [0, 0.1) is 0 Å². The second kappa shape index (κ2) is 8.95. The zero-order valence-corrected chi connectivity index (χ0v) is 13.4. The molecule has 1 aromatic heterocycles. The summed E-state index contributed by atoms with van der Waals surface area (Å²) >= 11 is 1.44. The van der Waals surface area contributed by atoms with Crippen molar-refractivity contribution in [2.24, 2.45) is 0 Å². The smallest absolute Gasteiger partial charge is 0.305 e. The molecular weight excluding hydrogens is 314 g/mol. The molecule has 2 aromatic rings. The molecule has 0 unspecified atom stereocenters. The molecule has 0 saturated carbocycles. The highest BCUT2D eigenvalue weighted by Crippen LogP contribution is 2.22. The summed E-state index contributed by atoms with van der Waals surface area (Å²) in [4.78, 5) is 23.8. The highest BCUT2D eigenvalue weighted by Gasteiger charge is 2.18. The van der Waals surface area contributed by atoms with Crippen molar-refractivity contribution in [2.75, 3.05) is 6.61 Å². The molecule has 1 amide bonds. The Morgan fingerprint density at radius 3 is 2.61 bits per heavy atom. The maximum Gasteiger partial charge on any atom is 0.305 e. The van der Waals surface area contributed by atoms with Gasteiger partial charge in [0.15, 0.2) is 0 Å². The molecule has 0 aliphatic heterocycles. The summed E-state index contributed by atoms with van der Waals surface area (Å²) < 4.78 is 5.53. The molecule has 23 heavy (non-hydrogen) atoms. The van der Waals surface area contributed by atoms with Crippen molar-refractivity contribution in [3.63, 3.8) is 0 Å². The molecule has 2 rings (SSSR count). The zero-order chi connectivity index (χ0) is 16.5. The van der Waals surface area contributed by atoms with Crippen LogP contribution in [0.4, 0.5) is 0 Å². The minimum Gasteiger partial charge on any atom is -0.494 e. The van der Waals surface area contributed by atoms with Gasteiger partial charge in [0.2, 0.25) is 5.91 Å². The fraction of sp³-hybridized carbons (Fsp3) is 0.294. The summed E-state index contributed by atoms with van der Waals surface area (Å²) in [6.07, 6.45) is 0.756. The van der Waals surface area contributed by atoms with E-state index in [9.17, 15) is 9.59 Å². The SMILES string of the molecule is O=C(O)C[C@H](NC(=O)CCCOc1ccccc1)c1cccs1. The van der Waals surface area contributed by atoms with Gasteiger partial charge in [-0.05, 0) is 30.0 Å². The Hall–Kier alpha value is -2.34. The third-order valence-electron chi connectivity index (χ3n) is 3.16. The molecule has 5 nitrogen and oxygen atoms in total. The lowest BCUT2D eigenvalue weighted by Crippen LogP contribution is -2.29. The average molecular weight is 333 g/mol. The van der Waals surface area contributed by atoms with E-state index in [1.54, 1.807) is 0 Å². The summed E-state index contributed by atoms with van der Waals surface area (Å²) in [7, 11) is 0. The van der Waals surface area contributed by atoms with Crippen molar-refractivity contribution in [1.29, 1.82) is 0 Å². The molecule has 122 valence electrons. The molecule has 1 aromatic carbocycles. The molecule has 0 radical (unpaired) electrons. The Morgan fingerprint density at radius 2 is 1.96 bits per heavy atom. The van der Waals surface area contributed by atoms with Gasteiger partial charge in [-0.1, -0.05) is 24.3 Å². The van der Waals surface area contributed by atoms with E-state index < -0.39 is 12.0 Å². The van der Waals surface area contributed by atoms with E-state index in [0.717, 1.165) is 10.6 Å². The highest BCUT2D eigenvalue weighted by molar-refractivity contribution is 7.10. The lowest BCUT2D eigenvalue weighted by atomic mass is 10.1. The number of benzene rings is 1. The average Bonchev–Trinajstić information content (AvgIpc) is 3.06. The van der Waals surface area contributed by atoms with Gasteiger partial charge in [-0.15, -0.1) is 11.3 Å². The molecule has 2 N–H and O–H groups in total. The van der Waals surface area contributed by atoms with Gasteiger partial charge in [-0.25, -0.2) is 0 Å². The van der Waals surface area contributed by atoms with Crippen LogP contribution in [-0.4, -0.2) is 23.6 Å². The van der Waals surface area contributed by atoms with E-state index >= 15 is 0 Å². The van der Waals surface area contributed by atoms with Crippen LogP contribution in [0.2, 0.25) is 0 Å². The van der Waals surface area contributed by atoms with Crippen LogP contribution in [0.15, 0.2) is 47.8 Å². The van der Waals surface area contributed by atoms with Crippen LogP contribution in [0.1, 0.15) is 30.2 Å². The quantitative estimate of drug-likeness (QED) is 0.691. The van der Waals surface area contributed by atoms with Crippen molar-refractivity contribution >= 4 is 23.2 Å². The van der Waals surface area contributed by atoms with Crippen LogP contribution in [0.5, 0.6) is 5.75 Å². The summed E-state index contributed by atoms with van der Waals surface area (Å²) in [5, 5.41) is 13.6. The van der Waals surface area contributed by atoms with Gasteiger partial charge in [0, 0.05) is 11.3 Å². The summed E-state index contributed by atoms with van der Waals surface area (Å²) in [5.41, 5.74) is 0. The number of para-hydroxylation sites is 1. The van der Waals surface area contributed by atoms with Crippen LogP contribution in [-0.2, 0) is 9.59 Å². The van der Waals surface area contributed by atoms with E-state index in [2.05, 4.69) is 5.32 Å². The second-order valence-electron chi connectivity index (χ2n) is 5.00. The van der Waals surface area contributed by atoms with Gasteiger partial charge in [0.05, 0.1) is 19.1 Å². The van der Waals surface area contributed by atoms with Gasteiger partial charge in [0.1, 0.15) is 5.75 Å². The van der Waals surface area contributed by atoms with E-state index in [1.165, 1.54) is 11.3 Å². The third kappa shape index (κ3) is 6.12. The van der Waals surface area contributed by atoms with Gasteiger partial charge in [-0.2, -0.15) is 0 Å². The van der Waals surface area contributed by atoms with E-state index in [4.69, 9.17) is 9.84 Å². The van der Waals surface area contributed by atoms with E-state index in [0.29, 0.717) is 19.4 Å². The summed E-state index contributed by atoms with van der Waals surface area (Å²) in [6.45, 7) is 0.444. The Bertz CT molecular complexity index is 613. The predicted molar refractivity (Wildman–Crippen MR) is 88.6 cm³/mol. The summed E-state index contributed by atoms with van der Waals surface area (Å²) in [5.74, 6) is -0.326. The van der Waals surface area contributed by atoms with Crippen LogP contribution < -0.4 is 10.1 Å². The lowest BCUT2D eigenvalue weighted by Gasteiger charge is -2.15. The first-order chi connectivity index (χ1) is 11.1. The number of ether oxygens (including phenoxy) is 1. The van der Waals surface area contributed by atoms with Gasteiger partial charge < -0.3 is 15.2 Å². The molecule has 1 atom stereocenters. The number of carboxylic acids is 1. The van der Waals surface area contributed by atoms with Crippen molar-refractivity contribution in [1.82, 2.24) is 5.32 Å². The maximum atomic E-state index is 12.0. The first kappa shape index (κ1) is 17.0. The van der Waals surface area contributed by atoms with Crippen LogP contribution in [0.3, 0.4) is 0 Å². The second-order valence-corrected chi connectivity index (χ2v) is 5.98. The molecule has 0 spiro atoms. The van der Waals surface area contributed by atoms with Crippen molar-refractivity contribution < 1.29 is 19.4 Å².